The van der Waals surface area contributed by atoms with E-state index in [1.54, 1.807) is 24.3 Å². The number of aromatic nitrogens is 2. The molecule has 1 atom stereocenters. The standard InChI is InChI=1S/C9H9N3O2/c10-8(9-12-11-5-14-9)6-3-1-2-4-7(6)13/h1-5,8,13H,10H2. The Morgan fingerprint density at radius 1 is 1.36 bits per heavy atom. The van der Waals surface area contributed by atoms with E-state index in [0.717, 1.165) is 0 Å². The second-order valence-electron chi connectivity index (χ2n) is 2.81. The van der Waals surface area contributed by atoms with E-state index in [0.29, 0.717) is 5.56 Å². The Kier molecular flexibility index (Phi) is 2.16. The third kappa shape index (κ3) is 1.45. The maximum Gasteiger partial charge on any atom is 0.237 e. The van der Waals surface area contributed by atoms with Crippen LogP contribution in [0.4, 0.5) is 0 Å². The molecule has 0 bridgehead atoms. The third-order valence-electron chi connectivity index (χ3n) is 1.91. The zero-order chi connectivity index (χ0) is 9.97. The first-order valence-corrected chi connectivity index (χ1v) is 4.08. The number of para-hydroxylation sites is 1. The molecule has 0 aliphatic heterocycles. The van der Waals surface area contributed by atoms with E-state index in [1.807, 2.05) is 0 Å². The van der Waals surface area contributed by atoms with E-state index in [4.69, 9.17) is 10.2 Å². The molecule has 0 aliphatic rings. The van der Waals surface area contributed by atoms with Crippen LogP contribution in [0.1, 0.15) is 17.5 Å². The lowest BCUT2D eigenvalue weighted by Gasteiger charge is -2.08. The van der Waals surface area contributed by atoms with E-state index in [9.17, 15) is 5.11 Å². The molecule has 2 rings (SSSR count). The second kappa shape index (κ2) is 3.47. The van der Waals surface area contributed by atoms with Gasteiger partial charge in [0.15, 0.2) is 0 Å². The average Bonchev–Trinajstić information content (AvgIpc) is 2.70. The third-order valence-corrected chi connectivity index (χ3v) is 1.91. The van der Waals surface area contributed by atoms with Gasteiger partial charge in [0.05, 0.1) is 0 Å². The monoisotopic (exact) mass is 191 g/mol. The summed E-state index contributed by atoms with van der Waals surface area (Å²) >= 11 is 0. The summed E-state index contributed by atoms with van der Waals surface area (Å²) in [6.07, 6.45) is 1.20. The number of benzene rings is 1. The van der Waals surface area contributed by atoms with Crippen LogP contribution in [0.5, 0.6) is 5.75 Å². The van der Waals surface area contributed by atoms with Crippen molar-refractivity contribution in [1.29, 1.82) is 0 Å². The van der Waals surface area contributed by atoms with Gasteiger partial charge >= 0.3 is 0 Å². The van der Waals surface area contributed by atoms with Gasteiger partial charge in [0.1, 0.15) is 11.8 Å². The van der Waals surface area contributed by atoms with Crippen molar-refractivity contribution in [2.45, 2.75) is 6.04 Å². The molecule has 0 aliphatic carbocycles. The highest BCUT2D eigenvalue weighted by molar-refractivity contribution is 5.36. The molecule has 2 aromatic rings. The summed E-state index contributed by atoms with van der Waals surface area (Å²) < 4.78 is 4.95. The summed E-state index contributed by atoms with van der Waals surface area (Å²) in [7, 11) is 0. The fourth-order valence-corrected chi connectivity index (χ4v) is 1.20. The first kappa shape index (κ1) is 8.71. The number of hydrogen-bond acceptors (Lipinski definition) is 5. The number of phenols is 1. The van der Waals surface area contributed by atoms with Crippen molar-refractivity contribution < 1.29 is 9.52 Å². The van der Waals surface area contributed by atoms with Gasteiger partial charge in [-0.2, -0.15) is 0 Å². The largest absolute Gasteiger partial charge is 0.508 e. The van der Waals surface area contributed by atoms with Gasteiger partial charge in [-0.25, -0.2) is 0 Å². The lowest BCUT2D eigenvalue weighted by molar-refractivity contribution is 0.442. The van der Waals surface area contributed by atoms with Crippen LogP contribution in [-0.4, -0.2) is 15.3 Å². The van der Waals surface area contributed by atoms with Gasteiger partial charge in [0.2, 0.25) is 12.3 Å². The number of nitrogens with zero attached hydrogens (tertiary/aromatic N) is 2. The van der Waals surface area contributed by atoms with Crippen molar-refractivity contribution in [3.05, 3.63) is 42.1 Å². The summed E-state index contributed by atoms with van der Waals surface area (Å²) in [5, 5.41) is 16.7. The number of phenolic OH excluding ortho intramolecular Hbond substituents is 1. The van der Waals surface area contributed by atoms with Crippen molar-refractivity contribution in [3.63, 3.8) is 0 Å². The number of hydrogen-bond donors (Lipinski definition) is 2. The topological polar surface area (TPSA) is 85.2 Å². The zero-order valence-corrected chi connectivity index (χ0v) is 7.29. The molecule has 1 heterocycles. The maximum atomic E-state index is 9.51. The Morgan fingerprint density at radius 3 is 2.79 bits per heavy atom. The van der Waals surface area contributed by atoms with E-state index in [1.165, 1.54) is 6.39 Å². The highest BCUT2D eigenvalue weighted by Gasteiger charge is 2.16. The van der Waals surface area contributed by atoms with E-state index < -0.39 is 6.04 Å². The van der Waals surface area contributed by atoms with Crippen molar-refractivity contribution >= 4 is 0 Å². The van der Waals surface area contributed by atoms with Crippen LogP contribution in [0.15, 0.2) is 35.1 Å². The molecule has 1 aromatic carbocycles. The molecular weight excluding hydrogens is 182 g/mol. The lowest BCUT2D eigenvalue weighted by Crippen LogP contribution is -2.12. The Morgan fingerprint density at radius 2 is 2.14 bits per heavy atom. The van der Waals surface area contributed by atoms with Gasteiger partial charge in [0, 0.05) is 5.56 Å². The SMILES string of the molecule is NC(c1nnco1)c1ccccc1O. The van der Waals surface area contributed by atoms with Crippen molar-refractivity contribution in [1.82, 2.24) is 10.2 Å². The Balaban J connectivity index is 2.37. The van der Waals surface area contributed by atoms with Crippen LogP contribution in [0.3, 0.4) is 0 Å². The van der Waals surface area contributed by atoms with Crippen molar-refractivity contribution in [2.24, 2.45) is 5.73 Å². The van der Waals surface area contributed by atoms with Gasteiger partial charge in [-0.3, -0.25) is 0 Å². The summed E-state index contributed by atoms with van der Waals surface area (Å²) in [4.78, 5) is 0. The first-order chi connectivity index (χ1) is 6.79. The molecule has 0 saturated heterocycles. The molecule has 0 radical (unpaired) electrons. The van der Waals surface area contributed by atoms with Gasteiger partial charge in [-0.15, -0.1) is 10.2 Å². The molecular formula is C9H9N3O2. The maximum absolute atomic E-state index is 9.51. The molecule has 0 amide bonds. The van der Waals surface area contributed by atoms with Crippen LogP contribution in [0.25, 0.3) is 0 Å². The molecule has 1 aromatic heterocycles. The minimum Gasteiger partial charge on any atom is -0.508 e. The van der Waals surface area contributed by atoms with Crippen molar-refractivity contribution in [3.8, 4) is 5.75 Å². The summed E-state index contributed by atoms with van der Waals surface area (Å²) in [5.74, 6) is 0.407. The Bertz CT molecular complexity index is 414. The highest BCUT2D eigenvalue weighted by atomic mass is 16.4. The summed E-state index contributed by atoms with van der Waals surface area (Å²) in [6, 6.07) is 6.19. The number of aromatic hydroxyl groups is 1. The molecule has 0 saturated carbocycles. The van der Waals surface area contributed by atoms with Crippen LogP contribution in [0.2, 0.25) is 0 Å². The number of nitrogens with two attached hydrogens (primary N) is 1. The Labute approximate surface area is 80.2 Å². The molecule has 5 nitrogen and oxygen atoms in total. The second-order valence-corrected chi connectivity index (χ2v) is 2.81. The smallest absolute Gasteiger partial charge is 0.237 e. The molecule has 0 spiro atoms. The molecule has 5 heteroatoms. The highest BCUT2D eigenvalue weighted by Crippen LogP contribution is 2.25. The predicted octanol–water partition coefficient (Wildman–Crippen LogP) is 0.823. The number of rotatable bonds is 2. The molecule has 0 fully saturated rings. The summed E-state index contributed by atoms with van der Waals surface area (Å²) in [5.41, 5.74) is 6.37. The average molecular weight is 191 g/mol. The van der Waals surface area contributed by atoms with Crippen molar-refractivity contribution in [2.75, 3.05) is 0 Å². The minimum atomic E-state index is -0.585. The van der Waals surface area contributed by atoms with Crippen LogP contribution < -0.4 is 5.73 Å². The quantitative estimate of drug-likeness (QED) is 0.734. The van der Waals surface area contributed by atoms with Gasteiger partial charge < -0.3 is 15.3 Å². The van der Waals surface area contributed by atoms with Crippen LogP contribution in [-0.2, 0) is 0 Å². The molecule has 14 heavy (non-hydrogen) atoms. The van der Waals surface area contributed by atoms with E-state index in [2.05, 4.69) is 10.2 Å². The molecule has 72 valence electrons. The fraction of sp³-hybridized carbons (Fsp3) is 0.111. The van der Waals surface area contributed by atoms with E-state index in [-0.39, 0.29) is 11.6 Å². The summed E-state index contributed by atoms with van der Waals surface area (Å²) in [6.45, 7) is 0. The first-order valence-electron chi connectivity index (χ1n) is 4.08. The van der Waals surface area contributed by atoms with Gasteiger partial charge in [-0.1, -0.05) is 18.2 Å². The van der Waals surface area contributed by atoms with Crippen LogP contribution in [0, 0.1) is 0 Å². The van der Waals surface area contributed by atoms with Gasteiger partial charge in [0.25, 0.3) is 0 Å². The fourth-order valence-electron chi connectivity index (χ4n) is 1.20. The molecule has 1 unspecified atom stereocenters. The van der Waals surface area contributed by atoms with Crippen LogP contribution >= 0.6 is 0 Å². The minimum absolute atomic E-state index is 0.123. The predicted molar refractivity (Wildman–Crippen MR) is 48.4 cm³/mol. The van der Waals surface area contributed by atoms with Gasteiger partial charge in [-0.05, 0) is 6.07 Å². The zero-order valence-electron chi connectivity index (χ0n) is 7.29. The normalized spacial score (nSPS) is 12.6. The molecule has 3 N–H and O–H groups in total. The lowest BCUT2D eigenvalue weighted by atomic mass is 10.1. The Hall–Kier alpha value is -1.88. The van der Waals surface area contributed by atoms with E-state index >= 15 is 0 Å².